The molecular weight excluding hydrogens is 358 g/mol. The third-order valence-corrected chi connectivity index (χ3v) is 8.39. The minimum absolute atomic E-state index is 0.425. The Labute approximate surface area is 166 Å². The van der Waals surface area contributed by atoms with E-state index in [2.05, 4.69) is 6.07 Å². The van der Waals surface area contributed by atoms with Crippen molar-refractivity contribution in [1.29, 1.82) is 5.26 Å². The summed E-state index contributed by atoms with van der Waals surface area (Å²) < 4.78 is 26.9. The van der Waals surface area contributed by atoms with Crippen molar-refractivity contribution in [1.82, 2.24) is 0 Å². The quantitative estimate of drug-likeness (QED) is 0.523. The van der Waals surface area contributed by atoms with Gasteiger partial charge in [0.1, 0.15) is 0 Å². The Balaban J connectivity index is 0.000000159. The fourth-order valence-corrected chi connectivity index (χ4v) is 5.56. The van der Waals surface area contributed by atoms with Crippen LogP contribution in [0.4, 0.5) is 0 Å². The van der Waals surface area contributed by atoms with Crippen molar-refractivity contribution in [2.45, 2.75) is 83.5 Å². The summed E-state index contributed by atoms with van der Waals surface area (Å²) in [6.45, 7) is 0.425. The Bertz CT molecular complexity index is 568. The van der Waals surface area contributed by atoms with Crippen molar-refractivity contribution in [3.63, 3.8) is 0 Å². The summed E-state index contributed by atoms with van der Waals surface area (Å²) in [6, 6.07) is 2.37. The van der Waals surface area contributed by atoms with Gasteiger partial charge in [-0.3, -0.25) is 4.18 Å². The minimum Gasteiger partial charge on any atom is -0.270 e. The Morgan fingerprint density at radius 3 is 1.44 bits per heavy atom. The second kappa shape index (κ2) is 9.74. The molecule has 4 rings (SSSR count). The maximum absolute atomic E-state index is 11.0. The number of rotatable bonds is 8. The molecule has 154 valence electrons. The number of nitrogens with zero attached hydrogens (tertiary/aromatic N) is 1. The summed E-state index contributed by atoms with van der Waals surface area (Å²) in [5, 5.41) is 8.72. The lowest BCUT2D eigenvalue weighted by molar-refractivity contribution is 0.0533. The van der Waals surface area contributed by atoms with Crippen molar-refractivity contribution >= 4 is 10.1 Å². The van der Waals surface area contributed by atoms with Crippen molar-refractivity contribution < 1.29 is 12.6 Å². The number of hydrogen-bond donors (Lipinski definition) is 0. The lowest BCUT2D eigenvalue weighted by Gasteiger charge is -2.42. The number of nitriles is 1. The molecule has 0 aromatic rings. The van der Waals surface area contributed by atoms with Crippen LogP contribution in [0.15, 0.2) is 0 Å². The lowest BCUT2D eigenvalue weighted by atomic mass is 9.64. The average Bonchev–Trinajstić information content (AvgIpc) is 2.37. The molecule has 4 saturated carbocycles. The zero-order valence-electron chi connectivity index (χ0n) is 16.9. The van der Waals surface area contributed by atoms with E-state index in [4.69, 9.17) is 9.44 Å². The second-order valence-electron chi connectivity index (χ2n) is 9.44. The van der Waals surface area contributed by atoms with Gasteiger partial charge < -0.3 is 0 Å². The molecule has 0 radical (unpaired) electrons. The van der Waals surface area contributed by atoms with Gasteiger partial charge in [0, 0.05) is 6.42 Å². The number of hydrogen-bond acceptors (Lipinski definition) is 4. The molecule has 0 aromatic heterocycles. The average molecular weight is 396 g/mol. The SMILES string of the molecule is CS(=O)(=O)OCC(C1CCC1)C1CCC1.N#CCC(C1CCC1)C1CCC1. The monoisotopic (exact) mass is 395 g/mol. The molecule has 4 aliphatic carbocycles. The van der Waals surface area contributed by atoms with Crippen molar-refractivity contribution in [2.24, 2.45) is 35.5 Å². The van der Waals surface area contributed by atoms with Crippen molar-refractivity contribution in [3.05, 3.63) is 0 Å². The van der Waals surface area contributed by atoms with Crippen LogP contribution in [0.3, 0.4) is 0 Å². The zero-order valence-corrected chi connectivity index (χ0v) is 17.8. The molecule has 0 atom stereocenters. The van der Waals surface area contributed by atoms with Crippen LogP contribution >= 0.6 is 0 Å². The first-order valence-corrected chi connectivity index (χ1v) is 13.0. The molecule has 0 spiro atoms. The molecule has 0 amide bonds. The summed E-state index contributed by atoms with van der Waals surface area (Å²) >= 11 is 0. The zero-order chi connectivity index (χ0) is 19.3. The highest BCUT2D eigenvalue weighted by molar-refractivity contribution is 7.85. The van der Waals surface area contributed by atoms with Gasteiger partial charge in [0.25, 0.3) is 10.1 Å². The van der Waals surface area contributed by atoms with Crippen LogP contribution in [-0.4, -0.2) is 21.3 Å². The normalized spacial score (nSPS) is 24.2. The Kier molecular flexibility index (Phi) is 7.62. The van der Waals surface area contributed by atoms with Crippen LogP contribution < -0.4 is 0 Å². The fourth-order valence-electron chi connectivity index (χ4n) is 5.15. The van der Waals surface area contributed by atoms with E-state index < -0.39 is 10.1 Å². The molecule has 0 unspecified atom stereocenters. The van der Waals surface area contributed by atoms with E-state index in [9.17, 15) is 8.42 Å². The van der Waals surface area contributed by atoms with Gasteiger partial charge in [-0.2, -0.15) is 13.7 Å². The van der Waals surface area contributed by atoms with E-state index >= 15 is 0 Å². The lowest BCUT2D eigenvalue weighted by Crippen LogP contribution is -2.35. The van der Waals surface area contributed by atoms with Crippen LogP contribution in [0.5, 0.6) is 0 Å². The summed E-state index contributed by atoms with van der Waals surface area (Å²) in [4.78, 5) is 0. The van der Waals surface area contributed by atoms with Crippen LogP contribution in [0, 0.1) is 46.8 Å². The van der Waals surface area contributed by atoms with E-state index in [1.54, 1.807) is 0 Å². The van der Waals surface area contributed by atoms with Gasteiger partial charge in [0.15, 0.2) is 0 Å². The van der Waals surface area contributed by atoms with E-state index in [1.165, 1.54) is 77.0 Å². The van der Waals surface area contributed by atoms with E-state index in [-0.39, 0.29) is 0 Å². The topological polar surface area (TPSA) is 67.2 Å². The van der Waals surface area contributed by atoms with Gasteiger partial charge in [0.2, 0.25) is 0 Å². The predicted molar refractivity (Wildman–Crippen MR) is 107 cm³/mol. The molecule has 0 heterocycles. The molecule has 27 heavy (non-hydrogen) atoms. The summed E-state index contributed by atoms with van der Waals surface area (Å²) in [5.74, 6) is 4.60. The van der Waals surface area contributed by atoms with Crippen LogP contribution in [0.25, 0.3) is 0 Å². The molecule has 5 heteroatoms. The van der Waals surface area contributed by atoms with Crippen LogP contribution in [-0.2, 0) is 14.3 Å². The highest BCUT2D eigenvalue weighted by atomic mass is 32.2. The Morgan fingerprint density at radius 1 is 0.815 bits per heavy atom. The van der Waals surface area contributed by atoms with Crippen LogP contribution in [0.1, 0.15) is 83.5 Å². The molecular formula is C22H37NO3S. The molecule has 4 aliphatic rings. The standard InChI is InChI=1S/C11H17N.C11H20O3S/c12-8-7-11(9-3-1-4-9)10-5-2-6-10;1-15(12,13)14-8-11(9-4-2-5-9)10-6-3-7-10/h9-11H,1-7H2;9-11H,2-8H2,1H3. The third-order valence-electron chi connectivity index (χ3n) is 7.82. The van der Waals surface area contributed by atoms with Gasteiger partial charge in [-0.05, 0) is 35.5 Å². The molecule has 0 N–H and O–H groups in total. The van der Waals surface area contributed by atoms with E-state index in [1.807, 2.05) is 0 Å². The summed E-state index contributed by atoms with van der Waals surface area (Å²) in [6.07, 6.45) is 18.1. The van der Waals surface area contributed by atoms with Gasteiger partial charge in [0.05, 0.1) is 18.9 Å². The Morgan fingerprint density at radius 2 is 1.19 bits per heavy atom. The second-order valence-corrected chi connectivity index (χ2v) is 11.1. The van der Waals surface area contributed by atoms with Crippen molar-refractivity contribution in [3.8, 4) is 6.07 Å². The fraction of sp³-hybridized carbons (Fsp3) is 0.955. The molecule has 4 fully saturated rings. The van der Waals surface area contributed by atoms with E-state index in [0.29, 0.717) is 12.5 Å². The maximum Gasteiger partial charge on any atom is 0.264 e. The molecule has 0 aromatic carbocycles. The molecule has 0 saturated heterocycles. The minimum atomic E-state index is -3.25. The highest BCUT2D eigenvalue weighted by Gasteiger charge is 2.37. The molecule has 0 aliphatic heterocycles. The highest BCUT2D eigenvalue weighted by Crippen LogP contribution is 2.46. The van der Waals surface area contributed by atoms with Gasteiger partial charge in [-0.1, -0.05) is 77.0 Å². The first-order chi connectivity index (χ1) is 13.0. The van der Waals surface area contributed by atoms with Gasteiger partial charge in [-0.15, -0.1) is 0 Å². The van der Waals surface area contributed by atoms with Gasteiger partial charge in [-0.25, -0.2) is 0 Å². The summed E-state index contributed by atoms with van der Waals surface area (Å²) in [5.41, 5.74) is 0. The molecule has 4 nitrogen and oxygen atoms in total. The summed E-state index contributed by atoms with van der Waals surface area (Å²) in [7, 11) is -3.25. The first-order valence-electron chi connectivity index (χ1n) is 11.2. The predicted octanol–water partition coefficient (Wildman–Crippen LogP) is 5.30. The smallest absolute Gasteiger partial charge is 0.264 e. The third kappa shape index (κ3) is 5.94. The molecule has 0 bridgehead atoms. The van der Waals surface area contributed by atoms with Crippen molar-refractivity contribution in [2.75, 3.05) is 12.9 Å². The first kappa shape index (κ1) is 21.1. The Hall–Kier alpha value is -0.600. The van der Waals surface area contributed by atoms with Gasteiger partial charge >= 0.3 is 0 Å². The largest absolute Gasteiger partial charge is 0.270 e. The van der Waals surface area contributed by atoms with E-state index in [0.717, 1.165) is 42.3 Å². The maximum atomic E-state index is 11.0. The van der Waals surface area contributed by atoms with Crippen LogP contribution in [0.2, 0.25) is 0 Å².